The van der Waals surface area contributed by atoms with E-state index in [1.807, 2.05) is 25.4 Å². The van der Waals surface area contributed by atoms with Crippen LogP contribution in [0.3, 0.4) is 0 Å². The number of ether oxygens (including phenoxy) is 1. The number of fused-ring (bicyclic) bond motifs is 2. The van der Waals surface area contributed by atoms with Gasteiger partial charge in [0, 0.05) is 35.9 Å². The highest BCUT2D eigenvalue weighted by molar-refractivity contribution is 5.87. The third-order valence-electron chi connectivity index (χ3n) is 4.66. The molecule has 0 fully saturated rings. The SMILES string of the molecule is COc1ncnn2ccc(-c3cnc4nc(C)n(Cc5cnccn5)c4c3)c12. The van der Waals surface area contributed by atoms with Crippen molar-refractivity contribution < 1.29 is 4.74 Å². The number of imidazole rings is 1. The lowest BCUT2D eigenvalue weighted by molar-refractivity contribution is 0.399. The molecule has 5 aromatic heterocycles. The summed E-state index contributed by atoms with van der Waals surface area (Å²) in [5.74, 6) is 1.38. The molecule has 0 unspecified atom stereocenters. The Hall–Kier alpha value is -3.88. The smallest absolute Gasteiger partial charge is 0.241 e. The first-order valence-electron chi connectivity index (χ1n) is 8.69. The molecule has 28 heavy (non-hydrogen) atoms. The zero-order chi connectivity index (χ0) is 19.1. The quantitative estimate of drug-likeness (QED) is 0.477. The van der Waals surface area contributed by atoms with Crippen LogP contribution in [-0.4, -0.2) is 46.2 Å². The van der Waals surface area contributed by atoms with E-state index in [4.69, 9.17) is 4.74 Å². The number of methoxy groups -OCH3 is 1. The lowest BCUT2D eigenvalue weighted by Crippen LogP contribution is -2.04. The largest absolute Gasteiger partial charge is 0.479 e. The molecule has 5 heterocycles. The molecule has 5 rings (SSSR count). The highest BCUT2D eigenvalue weighted by Crippen LogP contribution is 2.31. The Bertz CT molecular complexity index is 1290. The molecule has 0 amide bonds. The third-order valence-corrected chi connectivity index (χ3v) is 4.66. The Kier molecular flexibility index (Phi) is 3.71. The minimum Gasteiger partial charge on any atom is -0.479 e. The van der Waals surface area contributed by atoms with Gasteiger partial charge in [0.1, 0.15) is 17.7 Å². The number of pyridine rings is 1. The van der Waals surface area contributed by atoms with Crippen molar-refractivity contribution in [1.82, 2.24) is 39.1 Å². The standard InChI is InChI=1S/C19H16N8O/c1-12-25-18-16(26(12)10-14-9-20-4-5-21-14)7-13(8-22-18)15-3-6-27-17(15)19(28-2)23-11-24-27/h3-9,11H,10H2,1-2H3. The second-order valence-electron chi connectivity index (χ2n) is 6.30. The molecular formula is C19H16N8O. The van der Waals surface area contributed by atoms with E-state index < -0.39 is 0 Å². The first kappa shape index (κ1) is 16.3. The van der Waals surface area contributed by atoms with Crippen LogP contribution in [0.15, 0.2) is 49.4 Å². The number of hydrogen-bond donors (Lipinski definition) is 0. The second-order valence-corrected chi connectivity index (χ2v) is 6.30. The minimum atomic E-state index is 0.513. The summed E-state index contributed by atoms with van der Waals surface area (Å²) >= 11 is 0. The van der Waals surface area contributed by atoms with Crippen molar-refractivity contribution >= 4 is 16.7 Å². The van der Waals surface area contributed by atoms with Gasteiger partial charge in [0.15, 0.2) is 5.65 Å². The Morgan fingerprint density at radius 1 is 1.11 bits per heavy atom. The van der Waals surface area contributed by atoms with E-state index in [1.54, 1.807) is 30.2 Å². The Morgan fingerprint density at radius 2 is 2.04 bits per heavy atom. The molecule has 9 nitrogen and oxygen atoms in total. The summed E-state index contributed by atoms with van der Waals surface area (Å²) in [6, 6.07) is 4.05. The fraction of sp³-hybridized carbons (Fsp3) is 0.158. The number of nitrogens with zero attached hydrogens (tertiary/aromatic N) is 8. The van der Waals surface area contributed by atoms with Gasteiger partial charge >= 0.3 is 0 Å². The summed E-state index contributed by atoms with van der Waals surface area (Å²) < 4.78 is 9.25. The van der Waals surface area contributed by atoms with Gasteiger partial charge in [-0.25, -0.2) is 14.5 Å². The number of aromatic nitrogens is 8. The highest BCUT2D eigenvalue weighted by atomic mass is 16.5. The number of rotatable bonds is 4. The van der Waals surface area contributed by atoms with Crippen molar-refractivity contribution in [2.75, 3.05) is 7.11 Å². The van der Waals surface area contributed by atoms with Crippen molar-refractivity contribution in [2.24, 2.45) is 0 Å². The average Bonchev–Trinajstić information content (AvgIpc) is 3.30. The van der Waals surface area contributed by atoms with Crippen LogP contribution in [-0.2, 0) is 6.54 Å². The molecule has 5 aromatic rings. The minimum absolute atomic E-state index is 0.513. The fourth-order valence-electron chi connectivity index (χ4n) is 3.35. The maximum absolute atomic E-state index is 5.42. The first-order chi connectivity index (χ1) is 13.7. The van der Waals surface area contributed by atoms with Crippen molar-refractivity contribution in [1.29, 1.82) is 0 Å². The average molecular weight is 372 g/mol. The van der Waals surface area contributed by atoms with Crippen LogP contribution < -0.4 is 4.74 Å². The van der Waals surface area contributed by atoms with Gasteiger partial charge < -0.3 is 9.30 Å². The Morgan fingerprint density at radius 3 is 2.86 bits per heavy atom. The van der Waals surface area contributed by atoms with Crippen LogP contribution in [0.5, 0.6) is 5.88 Å². The highest BCUT2D eigenvalue weighted by Gasteiger charge is 2.16. The van der Waals surface area contributed by atoms with Crippen molar-refractivity contribution in [2.45, 2.75) is 13.5 Å². The van der Waals surface area contributed by atoms with E-state index in [0.29, 0.717) is 18.1 Å². The topological polar surface area (TPSA) is 95.9 Å². The van der Waals surface area contributed by atoms with Gasteiger partial charge in [-0.2, -0.15) is 10.1 Å². The van der Waals surface area contributed by atoms with Gasteiger partial charge in [0.25, 0.3) is 0 Å². The zero-order valence-corrected chi connectivity index (χ0v) is 15.3. The molecule has 0 aliphatic rings. The fourth-order valence-corrected chi connectivity index (χ4v) is 3.35. The molecule has 9 heteroatoms. The van der Waals surface area contributed by atoms with Gasteiger partial charge in [-0.3, -0.25) is 9.97 Å². The van der Waals surface area contributed by atoms with E-state index in [9.17, 15) is 0 Å². The molecule has 0 aromatic carbocycles. The van der Waals surface area contributed by atoms with Crippen LogP contribution in [0.1, 0.15) is 11.5 Å². The molecule has 0 spiro atoms. The molecule has 0 atom stereocenters. The number of aryl methyl sites for hydroxylation is 1. The molecule has 0 radical (unpaired) electrons. The van der Waals surface area contributed by atoms with Crippen LogP contribution in [0.2, 0.25) is 0 Å². The molecule has 0 aliphatic heterocycles. The zero-order valence-electron chi connectivity index (χ0n) is 15.3. The molecule has 0 bridgehead atoms. The van der Waals surface area contributed by atoms with Crippen molar-refractivity contribution in [3.05, 3.63) is 61.0 Å². The summed E-state index contributed by atoms with van der Waals surface area (Å²) in [6.07, 6.45) is 10.3. The Labute approximate surface area is 159 Å². The lowest BCUT2D eigenvalue weighted by Gasteiger charge is -2.07. The summed E-state index contributed by atoms with van der Waals surface area (Å²) in [5, 5.41) is 4.25. The van der Waals surface area contributed by atoms with E-state index in [1.165, 1.54) is 6.33 Å². The van der Waals surface area contributed by atoms with E-state index in [2.05, 4.69) is 40.7 Å². The third kappa shape index (κ3) is 2.56. The molecule has 0 aliphatic carbocycles. The molecule has 0 N–H and O–H groups in total. The number of hydrogen-bond acceptors (Lipinski definition) is 7. The predicted octanol–water partition coefficient (Wildman–Crippen LogP) is 2.30. The van der Waals surface area contributed by atoms with Crippen LogP contribution in [0, 0.1) is 6.92 Å². The van der Waals surface area contributed by atoms with E-state index in [0.717, 1.165) is 33.7 Å². The summed E-state index contributed by atoms with van der Waals surface area (Å²) in [6.45, 7) is 2.53. The van der Waals surface area contributed by atoms with Crippen LogP contribution >= 0.6 is 0 Å². The van der Waals surface area contributed by atoms with Gasteiger partial charge in [0.05, 0.1) is 31.1 Å². The van der Waals surface area contributed by atoms with Gasteiger partial charge in [0.2, 0.25) is 5.88 Å². The monoisotopic (exact) mass is 372 g/mol. The molecular weight excluding hydrogens is 356 g/mol. The molecule has 138 valence electrons. The van der Waals surface area contributed by atoms with Gasteiger partial charge in [-0.1, -0.05) is 0 Å². The van der Waals surface area contributed by atoms with Crippen LogP contribution in [0.4, 0.5) is 0 Å². The van der Waals surface area contributed by atoms with Crippen molar-refractivity contribution in [3.8, 4) is 17.0 Å². The van der Waals surface area contributed by atoms with Gasteiger partial charge in [-0.05, 0) is 19.1 Å². The van der Waals surface area contributed by atoms with Gasteiger partial charge in [-0.15, -0.1) is 0 Å². The Balaban J connectivity index is 1.67. The van der Waals surface area contributed by atoms with Crippen molar-refractivity contribution in [3.63, 3.8) is 0 Å². The predicted molar refractivity (Wildman–Crippen MR) is 102 cm³/mol. The lowest BCUT2D eigenvalue weighted by atomic mass is 10.1. The molecule has 0 saturated carbocycles. The second kappa shape index (κ2) is 6.38. The normalized spacial score (nSPS) is 11.4. The summed E-state index contributed by atoms with van der Waals surface area (Å²) in [7, 11) is 1.60. The maximum Gasteiger partial charge on any atom is 0.241 e. The summed E-state index contributed by atoms with van der Waals surface area (Å²) in [5.41, 5.74) is 5.15. The van der Waals surface area contributed by atoms with E-state index in [-0.39, 0.29) is 0 Å². The maximum atomic E-state index is 5.42. The molecule has 0 saturated heterocycles. The summed E-state index contributed by atoms with van der Waals surface area (Å²) in [4.78, 5) is 21.9. The van der Waals surface area contributed by atoms with E-state index >= 15 is 0 Å². The first-order valence-corrected chi connectivity index (χ1v) is 8.69. The van der Waals surface area contributed by atoms with Crippen LogP contribution in [0.25, 0.3) is 27.8 Å².